The minimum atomic E-state index is -0.211. The van der Waals surface area contributed by atoms with E-state index in [0.29, 0.717) is 13.0 Å². The first-order valence-corrected chi connectivity index (χ1v) is 8.08. The van der Waals surface area contributed by atoms with E-state index in [4.69, 9.17) is 0 Å². The van der Waals surface area contributed by atoms with Gasteiger partial charge in [-0.05, 0) is 35.2 Å². The predicted octanol–water partition coefficient (Wildman–Crippen LogP) is 3.72. The van der Waals surface area contributed by atoms with Crippen LogP contribution < -0.4 is 5.32 Å². The van der Waals surface area contributed by atoms with Crippen molar-refractivity contribution in [3.8, 4) is 0 Å². The molecule has 0 bridgehead atoms. The number of rotatable bonds is 6. The highest BCUT2D eigenvalue weighted by atomic mass is 16.1. The number of benzene rings is 2. The molecule has 1 amide bonds. The molecule has 0 saturated carbocycles. The lowest BCUT2D eigenvalue weighted by Crippen LogP contribution is -2.30. The Hall–Kier alpha value is -2.94. The van der Waals surface area contributed by atoms with Crippen LogP contribution in [0.25, 0.3) is 0 Å². The quantitative estimate of drug-likeness (QED) is 0.753. The monoisotopic (exact) mass is 316 g/mol. The highest BCUT2D eigenvalue weighted by Gasteiger charge is 2.20. The van der Waals surface area contributed by atoms with Gasteiger partial charge in [0.15, 0.2) is 0 Å². The van der Waals surface area contributed by atoms with Crippen LogP contribution in [0, 0.1) is 0 Å². The van der Waals surface area contributed by atoms with Crippen molar-refractivity contribution in [3.63, 3.8) is 0 Å². The maximum atomic E-state index is 12.8. The summed E-state index contributed by atoms with van der Waals surface area (Å²) in [7, 11) is 0. The summed E-state index contributed by atoms with van der Waals surface area (Å²) in [6.07, 6.45) is 4.19. The summed E-state index contributed by atoms with van der Waals surface area (Å²) >= 11 is 0. The Morgan fingerprint density at radius 3 is 2.12 bits per heavy atom. The molecule has 1 N–H and O–H groups in total. The van der Waals surface area contributed by atoms with Crippen molar-refractivity contribution in [2.45, 2.75) is 18.9 Å². The molecular formula is C21H20N2O. The molecule has 3 aromatic rings. The van der Waals surface area contributed by atoms with E-state index in [1.54, 1.807) is 12.4 Å². The van der Waals surface area contributed by atoms with Gasteiger partial charge in [0.05, 0.1) is 5.92 Å². The van der Waals surface area contributed by atoms with Crippen molar-refractivity contribution >= 4 is 5.91 Å². The number of aromatic nitrogens is 1. The maximum absolute atomic E-state index is 12.8. The smallest absolute Gasteiger partial charge is 0.228 e. The lowest BCUT2D eigenvalue weighted by Gasteiger charge is -2.17. The van der Waals surface area contributed by atoms with Crippen molar-refractivity contribution in [2.75, 3.05) is 0 Å². The number of carbonyl (C=O) groups is 1. The summed E-state index contributed by atoms with van der Waals surface area (Å²) in [5, 5.41) is 3.06. The van der Waals surface area contributed by atoms with E-state index in [1.807, 2.05) is 72.8 Å². The highest BCUT2D eigenvalue weighted by Crippen LogP contribution is 2.21. The van der Waals surface area contributed by atoms with E-state index in [-0.39, 0.29) is 11.8 Å². The van der Waals surface area contributed by atoms with E-state index in [9.17, 15) is 4.79 Å². The molecule has 1 unspecified atom stereocenters. The molecule has 0 radical (unpaired) electrons. The van der Waals surface area contributed by atoms with Crippen molar-refractivity contribution in [1.82, 2.24) is 10.3 Å². The molecule has 0 aliphatic heterocycles. The van der Waals surface area contributed by atoms with Crippen molar-refractivity contribution in [3.05, 3.63) is 102 Å². The van der Waals surface area contributed by atoms with E-state index >= 15 is 0 Å². The molecule has 24 heavy (non-hydrogen) atoms. The fourth-order valence-electron chi connectivity index (χ4n) is 2.71. The second-order valence-corrected chi connectivity index (χ2v) is 5.73. The van der Waals surface area contributed by atoms with Crippen LogP contribution in [0.3, 0.4) is 0 Å². The van der Waals surface area contributed by atoms with E-state index < -0.39 is 0 Å². The van der Waals surface area contributed by atoms with E-state index in [1.165, 1.54) is 0 Å². The third kappa shape index (κ3) is 4.29. The Bertz CT molecular complexity index is 758. The summed E-state index contributed by atoms with van der Waals surface area (Å²) in [6.45, 7) is 0.541. The summed E-state index contributed by atoms with van der Waals surface area (Å²) < 4.78 is 0. The molecule has 3 rings (SSSR count). The second-order valence-electron chi connectivity index (χ2n) is 5.73. The fraction of sp³-hybridized carbons (Fsp3) is 0.143. The first-order valence-electron chi connectivity index (χ1n) is 8.08. The second kappa shape index (κ2) is 8.06. The van der Waals surface area contributed by atoms with Gasteiger partial charge in [-0.25, -0.2) is 0 Å². The summed E-state index contributed by atoms with van der Waals surface area (Å²) in [4.78, 5) is 16.8. The molecular weight excluding hydrogens is 296 g/mol. The Labute approximate surface area is 142 Å². The molecule has 0 aliphatic carbocycles. The van der Waals surface area contributed by atoms with Crippen LogP contribution in [-0.4, -0.2) is 10.9 Å². The molecule has 1 heterocycles. The van der Waals surface area contributed by atoms with E-state index in [2.05, 4.69) is 10.3 Å². The Kier molecular flexibility index (Phi) is 5.36. The standard InChI is InChI=1S/C21H20N2O/c24-21(23-16-18-7-3-1-4-8-18)20(19-9-5-2-6-10-19)15-17-11-13-22-14-12-17/h1-14,20H,15-16H2,(H,23,24). The fourth-order valence-corrected chi connectivity index (χ4v) is 2.71. The zero-order valence-corrected chi connectivity index (χ0v) is 13.4. The van der Waals surface area contributed by atoms with Crippen molar-refractivity contribution in [2.24, 2.45) is 0 Å². The van der Waals surface area contributed by atoms with Crippen LogP contribution in [0.5, 0.6) is 0 Å². The Morgan fingerprint density at radius 2 is 1.46 bits per heavy atom. The number of hydrogen-bond acceptors (Lipinski definition) is 2. The first-order chi connectivity index (χ1) is 11.8. The largest absolute Gasteiger partial charge is 0.351 e. The molecule has 0 spiro atoms. The molecule has 3 heteroatoms. The predicted molar refractivity (Wildman–Crippen MR) is 95.4 cm³/mol. The average molecular weight is 316 g/mol. The summed E-state index contributed by atoms with van der Waals surface area (Å²) in [6, 6.07) is 23.8. The molecule has 0 fully saturated rings. The maximum Gasteiger partial charge on any atom is 0.228 e. The molecule has 1 aromatic heterocycles. The topological polar surface area (TPSA) is 42.0 Å². The van der Waals surface area contributed by atoms with Gasteiger partial charge in [0, 0.05) is 18.9 Å². The third-order valence-corrected chi connectivity index (χ3v) is 4.02. The number of nitrogens with zero attached hydrogens (tertiary/aromatic N) is 1. The average Bonchev–Trinajstić information content (AvgIpc) is 2.66. The van der Waals surface area contributed by atoms with Crippen molar-refractivity contribution in [1.29, 1.82) is 0 Å². The van der Waals surface area contributed by atoms with Gasteiger partial charge in [0.1, 0.15) is 0 Å². The summed E-state index contributed by atoms with van der Waals surface area (Å²) in [5.74, 6) is -0.167. The number of pyridine rings is 1. The van der Waals surface area contributed by atoms with Crippen LogP contribution in [0.15, 0.2) is 85.2 Å². The van der Waals surface area contributed by atoms with Gasteiger partial charge >= 0.3 is 0 Å². The zero-order valence-electron chi connectivity index (χ0n) is 13.4. The lowest BCUT2D eigenvalue weighted by atomic mass is 9.91. The van der Waals surface area contributed by atoms with Gasteiger partial charge in [0.25, 0.3) is 0 Å². The van der Waals surface area contributed by atoms with Gasteiger partial charge in [0.2, 0.25) is 5.91 Å². The minimum absolute atomic E-state index is 0.0434. The lowest BCUT2D eigenvalue weighted by molar-refractivity contribution is -0.122. The van der Waals surface area contributed by atoms with Crippen LogP contribution in [-0.2, 0) is 17.8 Å². The number of nitrogens with one attached hydrogen (secondary N) is 1. The highest BCUT2D eigenvalue weighted by molar-refractivity contribution is 5.84. The number of hydrogen-bond donors (Lipinski definition) is 1. The SMILES string of the molecule is O=C(NCc1ccccc1)C(Cc1ccncc1)c1ccccc1. The van der Waals surface area contributed by atoms with Gasteiger partial charge in [-0.2, -0.15) is 0 Å². The number of carbonyl (C=O) groups excluding carboxylic acids is 1. The molecule has 3 nitrogen and oxygen atoms in total. The van der Waals surface area contributed by atoms with Crippen LogP contribution in [0.2, 0.25) is 0 Å². The zero-order chi connectivity index (χ0) is 16.6. The normalized spacial score (nSPS) is 11.7. The molecule has 0 saturated heterocycles. The molecule has 120 valence electrons. The summed E-state index contributed by atoms with van der Waals surface area (Å²) in [5.41, 5.74) is 3.23. The van der Waals surface area contributed by atoms with E-state index in [0.717, 1.165) is 16.7 Å². The first kappa shape index (κ1) is 15.9. The van der Waals surface area contributed by atoms with Gasteiger partial charge in [-0.1, -0.05) is 60.7 Å². The Morgan fingerprint density at radius 1 is 0.833 bits per heavy atom. The third-order valence-electron chi connectivity index (χ3n) is 4.02. The molecule has 2 aromatic carbocycles. The van der Waals surface area contributed by atoms with Crippen LogP contribution in [0.4, 0.5) is 0 Å². The van der Waals surface area contributed by atoms with Crippen LogP contribution in [0.1, 0.15) is 22.6 Å². The molecule has 1 atom stereocenters. The van der Waals surface area contributed by atoms with Gasteiger partial charge in [-0.15, -0.1) is 0 Å². The van der Waals surface area contributed by atoms with Crippen LogP contribution >= 0.6 is 0 Å². The molecule has 0 aliphatic rings. The van der Waals surface area contributed by atoms with Gasteiger partial charge in [-0.3, -0.25) is 9.78 Å². The minimum Gasteiger partial charge on any atom is -0.351 e. The number of amides is 1. The van der Waals surface area contributed by atoms with Gasteiger partial charge < -0.3 is 5.32 Å². The van der Waals surface area contributed by atoms with Crippen molar-refractivity contribution < 1.29 is 4.79 Å². The Balaban J connectivity index is 1.75.